The fourth-order valence-corrected chi connectivity index (χ4v) is 3.14. The minimum Gasteiger partial charge on any atom is -0.253 e. The zero-order chi connectivity index (χ0) is 13.5. The summed E-state index contributed by atoms with van der Waals surface area (Å²) in [4.78, 5) is 5.45. The number of aryl methyl sites for hydroxylation is 1. The molecule has 2 aromatic rings. The predicted octanol–water partition coefficient (Wildman–Crippen LogP) is 2.63. The minimum atomic E-state index is -3.56. The van der Waals surface area contributed by atoms with Gasteiger partial charge < -0.3 is 0 Å². The van der Waals surface area contributed by atoms with Crippen molar-refractivity contribution in [2.24, 2.45) is 0 Å². The van der Waals surface area contributed by atoms with Crippen molar-refractivity contribution in [3.8, 4) is 0 Å². The first-order chi connectivity index (χ1) is 9.09. The number of hydroxylamine groups is 1. The van der Waals surface area contributed by atoms with Gasteiger partial charge in [-0.25, -0.2) is 8.42 Å². The molecule has 3 rings (SSSR count). The average molecular weight is 275 g/mol. The maximum atomic E-state index is 12.2. The van der Waals surface area contributed by atoms with Crippen molar-refractivity contribution in [1.29, 1.82) is 0 Å². The molecule has 4 nitrogen and oxygen atoms in total. The van der Waals surface area contributed by atoms with Crippen molar-refractivity contribution in [1.82, 2.24) is 4.47 Å². The van der Waals surface area contributed by atoms with Crippen molar-refractivity contribution in [2.45, 2.75) is 18.0 Å². The molecule has 0 aliphatic carbocycles. The van der Waals surface area contributed by atoms with Gasteiger partial charge >= 0.3 is 0 Å². The summed E-state index contributed by atoms with van der Waals surface area (Å²) in [5.41, 5.74) is 1.96. The third-order valence-electron chi connectivity index (χ3n) is 2.99. The number of sulfonamides is 1. The molecule has 1 aliphatic heterocycles. The Hall–Kier alpha value is -1.69. The maximum Gasteiger partial charge on any atom is 0.267 e. The van der Waals surface area contributed by atoms with Crippen LogP contribution in [0.4, 0.5) is 0 Å². The Morgan fingerprint density at radius 2 is 1.63 bits per heavy atom. The Kier molecular flexibility index (Phi) is 2.89. The lowest BCUT2D eigenvalue weighted by Gasteiger charge is -2.02. The fourth-order valence-electron chi connectivity index (χ4n) is 1.86. The van der Waals surface area contributed by atoms with Gasteiger partial charge in [0.15, 0.2) is 6.23 Å². The molecular formula is C14H13NO3S. The average Bonchev–Trinajstić information content (AvgIpc) is 3.22. The molecule has 2 aromatic carbocycles. The van der Waals surface area contributed by atoms with Gasteiger partial charge in [0.1, 0.15) is 0 Å². The monoisotopic (exact) mass is 275 g/mol. The van der Waals surface area contributed by atoms with E-state index in [1.165, 1.54) is 0 Å². The number of hydrogen-bond acceptors (Lipinski definition) is 3. The molecular weight excluding hydrogens is 262 g/mol. The van der Waals surface area contributed by atoms with Crippen LogP contribution in [0.2, 0.25) is 0 Å². The van der Waals surface area contributed by atoms with Crippen molar-refractivity contribution in [2.75, 3.05) is 0 Å². The molecule has 0 aromatic heterocycles. The van der Waals surface area contributed by atoms with Gasteiger partial charge in [0.25, 0.3) is 10.0 Å². The van der Waals surface area contributed by atoms with Crippen LogP contribution in [-0.2, 0) is 14.9 Å². The molecule has 2 atom stereocenters. The maximum absolute atomic E-state index is 12.2. The zero-order valence-electron chi connectivity index (χ0n) is 10.4. The molecule has 0 bridgehead atoms. The van der Waals surface area contributed by atoms with E-state index in [9.17, 15) is 8.42 Å². The summed E-state index contributed by atoms with van der Waals surface area (Å²) in [6.07, 6.45) is -0.509. The highest BCUT2D eigenvalue weighted by atomic mass is 32.2. The Morgan fingerprint density at radius 3 is 2.26 bits per heavy atom. The summed E-state index contributed by atoms with van der Waals surface area (Å²) in [5.74, 6) is 0. The van der Waals surface area contributed by atoms with E-state index in [1.807, 2.05) is 31.2 Å². The molecule has 1 aliphatic rings. The van der Waals surface area contributed by atoms with Crippen molar-refractivity contribution in [3.63, 3.8) is 0 Å². The Balaban J connectivity index is 1.85. The lowest BCUT2D eigenvalue weighted by Crippen LogP contribution is -2.12. The predicted molar refractivity (Wildman–Crippen MR) is 70.5 cm³/mol. The number of benzene rings is 2. The van der Waals surface area contributed by atoms with E-state index in [-0.39, 0.29) is 4.90 Å². The summed E-state index contributed by atoms with van der Waals surface area (Å²) in [6.45, 7) is 1.98. The highest BCUT2D eigenvalue weighted by Gasteiger charge is 2.48. The van der Waals surface area contributed by atoms with E-state index in [0.717, 1.165) is 15.6 Å². The SMILES string of the molecule is Cc1ccc(C2ON2S(=O)(=O)c2ccccc2)cc1. The van der Waals surface area contributed by atoms with Gasteiger partial charge in [-0.05, 0) is 23.5 Å². The number of nitrogens with zero attached hydrogens (tertiary/aromatic N) is 1. The van der Waals surface area contributed by atoms with Crippen molar-refractivity contribution in [3.05, 3.63) is 65.7 Å². The molecule has 0 N–H and O–H groups in total. The molecule has 1 heterocycles. The third-order valence-corrected chi connectivity index (χ3v) is 4.61. The highest BCUT2D eigenvalue weighted by molar-refractivity contribution is 7.89. The number of rotatable bonds is 3. The molecule has 0 radical (unpaired) electrons. The van der Waals surface area contributed by atoms with E-state index in [1.54, 1.807) is 30.3 Å². The molecule has 0 amide bonds. The summed E-state index contributed by atoms with van der Waals surface area (Å²) >= 11 is 0. The Bertz CT molecular complexity index is 680. The first kappa shape index (κ1) is 12.3. The van der Waals surface area contributed by atoms with Crippen LogP contribution in [0, 0.1) is 6.92 Å². The summed E-state index contributed by atoms with van der Waals surface area (Å²) in [5, 5.41) is 0. The zero-order valence-corrected chi connectivity index (χ0v) is 11.2. The first-order valence-corrected chi connectivity index (χ1v) is 7.36. The molecule has 2 unspecified atom stereocenters. The van der Waals surface area contributed by atoms with Gasteiger partial charge in [-0.1, -0.05) is 48.0 Å². The summed E-state index contributed by atoms with van der Waals surface area (Å²) in [7, 11) is -3.56. The second-order valence-corrected chi connectivity index (χ2v) is 6.22. The van der Waals surface area contributed by atoms with Gasteiger partial charge in [0.05, 0.1) is 4.90 Å². The van der Waals surface area contributed by atoms with Gasteiger partial charge in [-0.3, -0.25) is 4.84 Å². The van der Waals surface area contributed by atoms with E-state index >= 15 is 0 Å². The lowest BCUT2D eigenvalue weighted by molar-refractivity contribution is 0.283. The number of hydrogen-bond donors (Lipinski definition) is 0. The van der Waals surface area contributed by atoms with Crippen LogP contribution in [0.5, 0.6) is 0 Å². The molecule has 0 saturated carbocycles. The second kappa shape index (κ2) is 4.45. The van der Waals surface area contributed by atoms with Crippen LogP contribution in [0.15, 0.2) is 59.5 Å². The van der Waals surface area contributed by atoms with Crippen LogP contribution in [0.1, 0.15) is 17.4 Å². The summed E-state index contributed by atoms with van der Waals surface area (Å²) < 4.78 is 25.5. The molecule has 1 fully saturated rings. The molecule has 1 saturated heterocycles. The van der Waals surface area contributed by atoms with E-state index in [2.05, 4.69) is 0 Å². The van der Waals surface area contributed by atoms with Gasteiger partial charge in [0.2, 0.25) is 0 Å². The van der Waals surface area contributed by atoms with Gasteiger partial charge in [-0.2, -0.15) is 0 Å². The van der Waals surface area contributed by atoms with Crippen molar-refractivity contribution < 1.29 is 13.3 Å². The van der Waals surface area contributed by atoms with Crippen LogP contribution in [-0.4, -0.2) is 12.9 Å². The first-order valence-electron chi connectivity index (χ1n) is 5.92. The molecule has 98 valence electrons. The molecule has 0 spiro atoms. The van der Waals surface area contributed by atoms with Crippen LogP contribution in [0.25, 0.3) is 0 Å². The highest BCUT2D eigenvalue weighted by Crippen LogP contribution is 2.42. The van der Waals surface area contributed by atoms with E-state index in [4.69, 9.17) is 4.84 Å². The standard InChI is InChI=1S/C14H13NO3S/c1-11-7-9-12(10-8-11)14-15(18-14)19(16,17)13-5-3-2-4-6-13/h2-10,14H,1H3. The van der Waals surface area contributed by atoms with Gasteiger partial charge in [-0.15, -0.1) is 0 Å². The van der Waals surface area contributed by atoms with Crippen LogP contribution >= 0.6 is 0 Å². The summed E-state index contributed by atoms with van der Waals surface area (Å²) in [6, 6.07) is 15.9. The smallest absolute Gasteiger partial charge is 0.253 e. The third kappa shape index (κ3) is 2.28. The van der Waals surface area contributed by atoms with Crippen LogP contribution in [0.3, 0.4) is 0 Å². The van der Waals surface area contributed by atoms with Crippen molar-refractivity contribution >= 4 is 10.0 Å². The molecule has 5 heteroatoms. The van der Waals surface area contributed by atoms with Crippen LogP contribution < -0.4 is 0 Å². The minimum absolute atomic E-state index is 0.240. The van der Waals surface area contributed by atoms with E-state index in [0.29, 0.717) is 0 Å². The Morgan fingerprint density at radius 1 is 1.00 bits per heavy atom. The Labute approximate surface area is 112 Å². The largest absolute Gasteiger partial charge is 0.267 e. The normalized spacial score (nSPS) is 22.2. The quantitative estimate of drug-likeness (QED) is 0.809. The van der Waals surface area contributed by atoms with E-state index < -0.39 is 16.3 Å². The molecule has 19 heavy (non-hydrogen) atoms. The lowest BCUT2D eigenvalue weighted by atomic mass is 10.1. The fraction of sp³-hybridized carbons (Fsp3) is 0.143. The topological polar surface area (TPSA) is 49.7 Å². The van der Waals surface area contributed by atoms with Gasteiger partial charge in [0, 0.05) is 5.56 Å². The second-order valence-electron chi connectivity index (χ2n) is 4.44.